The van der Waals surface area contributed by atoms with Gasteiger partial charge in [-0.25, -0.2) is 13.1 Å². The number of rotatable bonds is 8. The van der Waals surface area contributed by atoms with Gasteiger partial charge in [0.05, 0.1) is 0 Å². The Labute approximate surface area is 119 Å². The first-order chi connectivity index (χ1) is 8.99. The summed E-state index contributed by atoms with van der Waals surface area (Å²) < 4.78 is 26.8. The lowest BCUT2D eigenvalue weighted by molar-refractivity contribution is 0.573. The molecule has 3 N–H and O–H groups in total. The molecule has 0 saturated heterocycles. The van der Waals surface area contributed by atoms with Crippen molar-refractivity contribution in [2.24, 2.45) is 5.73 Å². The highest BCUT2D eigenvalue weighted by Crippen LogP contribution is 2.12. The Kier molecular flexibility index (Phi) is 6.33. The van der Waals surface area contributed by atoms with Gasteiger partial charge in [-0.05, 0) is 18.6 Å². The van der Waals surface area contributed by atoms with Crippen LogP contribution in [0.3, 0.4) is 0 Å². The van der Waals surface area contributed by atoms with Crippen LogP contribution >= 0.6 is 12.2 Å². The number of hydrogen-bond acceptors (Lipinski definition) is 4. The summed E-state index contributed by atoms with van der Waals surface area (Å²) in [4.78, 5) is 3.94. The zero-order valence-electron chi connectivity index (χ0n) is 10.9. The molecule has 5 nitrogen and oxygen atoms in total. The minimum Gasteiger partial charge on any atom is -0.388 e. The summed E-state index contributed by atoms with van der Waals surface area (Å²) in [6.45, 7) is 2.52. The molecule has 0 aliphatic carbocycles. The van der Waals surface area contributed by atoms with Gasteiger partial charge in [0.25, 0.3) is 0 Å². The van der Waals surface area contributed by atoms with E-state index in [9.17, 15) is 8.42 Å². The van der Waals surface area contributed by atoms with E-state index in [4.69, 9.17) is 18.0 Å². The van der Waals surface area contributed by atoms with Crippen molar-refractivity contribution < 1.29 is 8.42 Å². The van der Waals surface area contributed by atoms with E-state index in [2.05, 4.69) is 16.6 Å². The predicted molar refractivity (Wildman–Crippen MR) is 79.5 cm³/mol. The minimum atomic E-state index is -3.60. The predicted octanol–water partition coefficient (Wildman–Crippen LogP) is 1.57. The number of sulfonamides is 1. The number of unbranched alkanes of at least 4 members (excludes halogenated alkanes) is 3. The van der Waals surface area contributed by atoms with E-state index in [1.807, 2.05) is 0 Å². The van der Waals surface area contributed by atoms with Crippen LogP contribution in [-0.4, -0.2) is 24.9 Å². The molecule has 0 bridgehead atoms. The average Bonchev–Trinajstić information content (AvgIpc) is 2.38. The summed E-state index contributed by atoms with van der Waals surface area (Å²) in [6.07, 6.45) is 5.51. The lowest BCUT2D eigenvalue weighted by Gasteiger charge is -2.09. The van der Waals surface area contributed by atoms with Crippen molar-refractivity contribution in [2.75, 3.05) is 6.54 Å². The molecular formula is C12H19N3O2S2. The topological polar surface area (TPSA) is 85.1 Å². The number of nitrogens with zero attached hydrogens (tertiary/aromatic N) is 1. The van der Waals surface area contributed by atoms with Crippen LogP contribution in [0.4, 0.5) is 0 Å². The molecule has 0 spiro atoms. The van der Waals surface area contributed by atoms with E-state index in [1.165, 1.54) is 12.3 Å². The highest BCUT2D eigenvalue weighted by atomic mass is 32.2. The third-order valence-corrected chi connectivity index (χ3v) is 4.30. The van der Waals surface area contributed by atoms with Gasteiger partial charge in [0.1, 0.15) is 15.6 Å². The second-order valence-electron chi connectivity index (χ2n) is 4.17. The molecule has 1 rings (SSSR count). The first-order valence-corrected chi connectivity index (χ1v) is 8.12. The van der Waals surface area contributed by atoms with E-state index in [1.54, 1.807) is 6.07 Å². The maximum Gasteiger partial charge on any atom is 0.242 e. The second-order valence-corrected chi connectivity index (χ2v) is 6.35. The van der Waals surface area contributed by atoms with Gasteiger partial charge in [0.2, 0.25) is 10.0 Å². The van der Waals surface area contributed by atoms with Gasteiger partial charge < -0.3 is 5.73 Å². The molecule has 0 radical (unpaired) electrons. The highest BCUT2D eigenvalue weighted by Gasteiger charge is 2.19. The van der Waals surface area contributed by atoms with Crippen molar-refractivity contribution in [3.05, 3.63) is 24.0 Å². The number of nitrogens with two attached hydrogens (primary N) is 1. The quantitative estimate of drug-likeness (QED) is 0.562. The minimum absolute atomic E-state index is 0.0213. The second kappa shape index (κ2) is 7.52. The van der Waals surface area contributed by atoms with E-state index in [0.717, 1.165) is 25.7 Å². The third kappa shape index (κ3) is 4.85. The smallest absolute Gasteiger partial charge is 0.242 e. The van der Waals surface area contributed by atoms with E-state index < -0.39 is 10.0 Å². The largest absolute Gasteiger partial charge is 0.388 e. The van der Waals surface area contributed by atoms with Crippen LogP contribution in [0.25, 0.3) is 0 Å². The monoisotopic (exact) mass is 301 g/mol. The molecule has 19 heavy (non-hydrogen) atoms. The Balaban J connectivity index is 2.75. The maximum atomic E-state index is 12.1. The molecule has 1 heterocycles. The van der Waals surface area contributed by atoms with E-state index >= 15 is 0 Å². The summed E-state index contributed by atoms with van der Waals surface area (Å²) in [6, 6.07) is 3.00. The first-order valence-electron chi connectivity index (χ1n) is 6.23. The number of thiocarbonyl (C=S) groups is 1. The molecular weight excluding hydrogens is 282 g/mol. The number of aromatic nitrogens is 1. The van der Waals surface area contributed by atoms with Crippen LogP contribution in [0.1, 0.15) is 38.3 Å². The molecule has 0 aromatic carbocycles. The molecule has 0 aliphatic rings. The molecule has 7 heteroatoms. The van der Waals surface area contributed by atoms with Gasteiger partial charge in [-0.1, -0.05) is 38.4 Å². The van der Waals surface area contributed by atoms with Crippen LogP contribution in [0.2, 0.25) is 0 Å². The van der Waals surface area contributed by atoms with E-state index in [0.29, 0.717) is 6.54 Å². The highest BCUT2D eigenvalue weighted by molar-refractivity contribution is 7.89. The Morgan fingerprint density at radius 2 is 2.16 bits per heavy atom. The molecule has 0 saturated carbocycles. The fraction of sp³-hybridized carbons (Fsp3) is 0.500. The van der Waals surface area contributed by atoms with Gasteiger partial charge in [0.15, 0.2) is 0 Å². The van der Waals surface area contributed by atoms with Gasteiger partial charge in [0, 0.05) is 12.7 Å². The normalized spacial score (nSPS) is 11.4. The van der Waals surface area contributed by atoms with E-state index in [-0.39, 0.29) is 15.6 Å². The molecule has 0 fully saturated rings. The van der Waals surface area contributed by atoms with Crippen molar-refractivity contribution in [2.45, 2.75) is 37.5 Å². The molecule has 1 aromatic heterocycles. The molecule has 1 aromatic rings. The lowest BCUT2D eigenvalue weighted by Crippen LogP contribution is -2.28. The van der Waals surface area contributed by atoms with Crippen molar-refractivity contribution in [1.29, 1.82) is 0 Å². The van der Waals surface area contributed by atoms with Gasteiger partial charge in [-0.2, -0.15) is 0 Å². The Morgan fingerprint density at radius 1 is 1.42 bits per heavy atom. The summed E-state index contributed by atoms with van der Waals surface area (Å²) in [5.41, 5.74) is 5.62. The third-order valence-electron chi connectivity index (χ3n) is 2.62. The summed E-state index contributed by atoms with van der Waals surface area (Å²) in [5, 5.41) is 0. The summed E-state index contributed by atoms with van der Waals surface area (Å²) in [5.74, 6) is 0. The van der Waals surface area contributed by atoms with Crippen LogP contribution in [0, 0.1) is 0 Å². The Bertz CT molecular complexity index is 530. The van der Waals surface area contributed by atoms with Crippen LogP contribution in [-0.2, 0) is 10.0 Å². The van der Waals surface area contributed by atoms with Crippen LogP contribution in [0.5, 0.6) is 0 Å². The summed E-state index contributed by atoms with van der Waals surface area (Å²) >= 11 is 4.81. The van der Waals surface area contributed by atoms with Crippen molar-refractivity contribution >= 4 is 27.2 Å². The number of hydrogen-bond donors (Lipinski definition) is 2. The van der Waals surface area contributed by atoms with Crippen molar-refractivity contribution in [3.8, 4) is 0 Å². The molecule has 0 atom stereocenters. The molecule has 0 amide bonds. The van der Waals surface area contributed by atoms with Crippen LogP contribution in [0.15, 0.2) is 23.2 Å². The lowest BCUT2D eigenvalue weighted by atomic mass is 10.2. The molecule has 106 valence electrons. The van der Waals surface area contributed by atoms with Gasteiger partial charge in [-0.3, -0.25) is 4.98 Å². The molecule has 0 aliphatic heterocycles. The number of nitrogens with one attached hydrogen (secondary N) is 1. The fourth-order valence-corrected chi connectivity index (χ4v) is 3.10. The summed E-state index contributed by atoms with van der Waals surface area (Å²) in [7, 11) is -3.60. The Morgan fingerprint density at radius 3 is 2.79 bits per heavy atom. The standard InChI is InChI=1S/C12H19N3O2S2/c1-2-3-4-5-9-15-19(16,17)10-7-6-8-14-11(10)12(13)18/h6-8,15H,2-5,9H2,1H3,(H2,13,18). The fourth-order valence-electron chi connectivity index (χ4n) is 1.63. The first kappa shape index (κ1) is 16.0. The Hall–Kier alpha value is -1.05. The molecule has 0 unspecified atom stereocenters. The zero-order chi connectivity index (χ0) is 14.3. The van der Waals surface area contributed by atoms with Gasteiger partial charge >= 0.3 is 0 Å². The van der Waals surface area contributed by atoms with Gasteiger partial charge in [-0.15, -0.1) is 0 Å². The van der Waals surface area contributed by atoms with Crippen LogP contribution < -0.4 is 10.5 Å². The number of pyridine rings is 1. The van der Waals surface area contributed by atoms with Crippen molar-refractivity contribution in [3.63, 3.8) is 0 Å². The average molecular weight is 301 g/mol. The maximum absolute atomic E-state index is 12.1. The van der Waals surface area contributed by atoms with Crippen molar-refractivity contribution in [1.82, 2.24) is 9.71 Å². The zero-order valence-corrected chi connectivity index (χ0v) is 12.6. The SMILES string of the molecule is CCCCCCNS(=O)(=O)c1cccnc1C(N)=S.